The molecule has 5 heteroatoms. The van der Waals surface area contributed by atoms with E-state index in [1.54, 1.807) is 0 Å². The van der Waals surface area contributed by atoms with E-state index in [2.05, 4.69) is 0 Å². The zero-order chi connectivity index (χ0) is 8.20. The van der Waals surface area contributed by atoms with Crippen molar-refractivity contribution in [2.45, 2.75) is 31.8 Å². The molecule has 0 spiro atoms. The molecular formula is C6H13N2NaO2. The molecule has 0 bridgehead atoms. The van der Waals surface area contributed by atoms with E-state index in [0.717, 1.165) is 6.42 Å². The zero-order valence-electron chi connectivity index (χ0n) is 7.09. The summed E-state index contributed by atoms with van der Waals surface area (Å²) in [6.07, 6.45) is 1.86. The maximum atomic E-state index is 10.2. The van der Waals surface area contributed by atoms with Gasteiger partial charge in [0.2, 0.25) is 0 Å². The molecule has 0 aliphatic rings. The molecule has 0 atom stereocenters. The van der Waals surface area contributed by atoms with E-state index < -0.39 is 11.6 Å². The largest absolute Gasteiger partial charge is 1.00 e. The minimum Gasteiger partial charge on any atom is -0.547 e. The van der Waals surface area contributed by atoms with E-state index in [0.29, 0.717) is 6.42 Å². The molecule has 0 saturated heterocycles. The molecule has 4 N–H and O–H groups in total. The van der Waals surface area contributed by atoms with Crippen molar-refractivity contribution >= 4 is 5.97 Å². The number of carbonyl (C=O) groups excluding carboxylic acids is 1. The van der Waals surface area contributed by atoms with Crippen LogP contribution in [0.15, 0.2) is 0 Å². The third kappa shape index (κ3) is 5.64. The van der Waals surface area contributed by atoms with Crippen LogP contribution in [0.1, 0.15) is 26.2 Å². The molecule has 4 nitrogen and oxygen atoms in total. The average molecular weight is 168 g/mol. The first kappa shape index (κ1) is 13.9. The number of carbonyl (C=O) groups is 1. The minimum atomic E-state index is -1.64. The van der Waals surface area contributed by atoms with Gasteiger partial charge in [0.25, 0.3) is 0 Å². The SMILES string of the molecule is CCCCC(N)(N)C(=O)[O-].[Na+]. The van der Waals surface area contributed by atoms with Crippen molar-refractivity contribution in [2.75, 3.05) is 0 Å². The Balaban J connectivity index is 0. The Morgan fingerprint density at radius 1 is 1.55 bits per heavy atom. The van der Waals surface area contributed by atoms with Crippen LogP contribution in [0.4, 0.5) is 0 Å². The van der Waals surface area contributed by atoms with E-state index >= 15 is 0 Å². The van der Waals surface area contributed by atoms with Crippen LogP contribution in [0.5, 0.6) is 0 Å². The van der Waals surface area contributed by atoms with Gasteiger partial charge in [-0.05, 0) is 6.42 Å². The Hall–Kier alpha value is 0.390. The molecule has 0 aromatic rings. The maximum Gasteiger partial charge on any atom is 1.00 e. The van der Waals surface area contributed by atoms with Crippen molar-refractivity contribution in [3.05, 3.63) is 0 Å². The number of rotatable bonds is 4. The van der Waals surface area contributed by atoms with Gasteiger partial charge in [0, 0.05) is 0 Å². The van der Waals surface area contributed by atoms with Crippen LogP contribution < -0.4 is 46.1 Å². The molecule has 0 unspecified atom stereocenters. The first-order chi connectivity index (χ1) is 4.50. The molecule has 0 fully saturated rings. The summed E-state index contributed by atoms with van der Waals surface area (Å²) in [6, 6.07) is 0. The molecule has 0 heterocycles. The molecule has 0 rings (SSSR count). The fourth-order valence-corrected chi connectivity index (χ4v) is 0.571. The first-order valence-corrected chi connectivity index (χ1v) is 3.30. The Bertz CT molecular complexity index is 128. The molecule has 0 aromatic heterocycles. The fraction of sp³-hybridized carbons (Fsp3) is 0.833. The summed E-state index contributed by atoms with van der Waals surface area (Å²) in [5.41, 5.74) is 8.68. The predicted molar refractivity (Wildman–Crippen MR) is 35.6 cm³/mol. The fourth-order valence-electron chi connectivity index (χ4n) is 0.571. The van der Waals surface area contributed by atoms with Gasteiger partial charge >= 0.3 is 29.6 Å². The molecule has 0 radical (unpaired) electrons. The summed E-state index contributed by atoms with van der Waals surface area (Å²) >= 11 is 0. The number of unbranched alkanes of at least 4 members (excludes halogenated alkanes) is 1. The van der Waals surface area contributed by atoms with Gasteiger partial charge in [0.15, 0.2) is 0 Å². The predicted octanol–water partition coefficient (Wildman–Crippen LogP) is -4.46. The van der Waals surface area contributed by atoms with Crippen LogP contribution in [0.25, 0.3) is 0 Å². The van der Waals surface area contributed by atoms with Gasteiger partial charge in [-0.25, -0.2) is 0 Å². The van der Waals surface area contributed by atoms with Crippen LogP contribution in [0, 0.1) is 0 Å². The van der Waals surface area contributed by atoms with Crippen molar-refractivity contribution < 1.29 is 39.5 Å². The molecule has 0 aliphatic heterocycles. The van der Waals surface area contributed by atoms with Gasteiger partial charge in [-0.2, -0.15) is 0 Å². The van der Waals surface area contributed by atoms with Crippen molar-refractivity contribution in [1.29, 1.82) is 0 Å². The van der Waals surface area contributed by atoms with Crippen molar-refractivity contribution in [2.24, 2.45) is 11.5 Å². The number of aliphatic carboxylic acids is 1. The summed E-state index contributed by atoms with van der Waals surface area (Å²) in [6.45, 7) is 1.94. The third-order valence-electron chi connectivity index (χ3n) is 1.32. The van der Waals surface area contributed by atoms with Gasteiger partial charge in [0.05, 0.1) is 5.97 Å². The molecule has 0 saturated carbocycles. The summed E-state index contributed by atoms with van der Waals surface area (Å²) in [5, 5.41) is 10.2. The van der Waals surface area contributed by atoms with Crippen LogP contribution in [0.2, 0.25) is 0 Å². The summed E-state index contributed by atoms with van der Waals surface area (Å²) < 4.78 is 0. The normalized spacial score (nSPS) is 10.5. The van der Waals surface area contributed by atoms with Crippen LogP contribution in [-0.4, -0.2) is 11.6 Å². The molecule has 60 valence electrons. The molecular weight excluding hydrogens is 155 g/mol. The quantitative estimate of drug-likeness (QED) is 0.327. The minimum absolute atomic E-state index is 0. The van der Waals surface area contributed by atoms with Crippen LogP contribution in [-0.2, 0) is 4.79 Å². The van der Waals surface area contributed by atoms with Crippen LogP contribution >= 0.6 is 0 Å². The monoisotopic (exact) mass is 168 g/mol. The Morgan fingerprint density at radius 3 is 2.27 bits per heavy atom. The Morgan fingerprint density at radius 2 is 2.00 bits per heavy atom. The van der Waals surface area contributed by atoms with E-state index in [9.17, 15) is 9.90 Å². The number of hydrogen-bond donors (Lipinski definition) is 2. The van der Waals surface area contributed by atoms with Crippen molar-refractivity contribution in [3.8, 4) is 0 Å². The molecule has 0 aliphatic carbocycles. The Kier molecular flexibility index (Phi) is 7.57. The smallest absolute Gasteiger partial charge is 0.547 e. The summed E-state index contributed by atoms with van der Waals surface area (Å²) in [4.78, 5) is 10.2. The second kappa shape index (κ2) is 5.97. The Labute approximate surface area is 88.6 Å². The standard InChI is InChI=1S/C6H14N2O2.Na/c1-2-3-4-6(7,8)5(9)10;/h2-4,7-8H2,1H3,(H,9,10);/q;+1/p-1. The van der Waals surface area contributed by atoms with E-state index in [1.165, 1.54) is 0 Å². The summed E-state index contributed by atoms with van der Waals surface area (Å²) in [5.74, 6) is -1.39. The molecule has 0 amide bonds. The second-order valence-electron chi connectivity index (χ2n) is 2.43. The topological polar surface area (TPSA) is 92.2 Å². The first-order valence-electron chi connectivity index (χ1n) is 3.30. The van der Waals surface area contributed by atoms with E-state index in [-0.39, 0.29) is 36.0 Å². The number of nitrogens with two attached hydrogens (primary N) is 2. The molecule has 0 aromatic carbocycles. The van der Waals surface area contributed by atoms with Crippen molar-refractivity contribution in [3.63, 3.8) is 0 Å². The number of hydrogen-bond acceptors (Lipinski definition) is 4. The molecule has 11 heavy (non-hydrogen) atoms. The summed E-state index contributed by atoms with van der Waals surface area (Å²) in [7, 11) is 0. The number of carboxylic acid groups (broad SMARTS) is 1. The van der Waals surface area contributed by atoms with Gasteiger partial charge in [-0.3, -0.25) is 0 Å². The van der Waals surface area contributed by atoms with Crippen LogP contribution in [0.3, 0.4) is 0 Å². The average Bonchev–Trinajstić information content (AvgIpc) is 1.84. The van der Waals surface area contributed by atoms with Gasteiger partial charge in [0.1, 0.15) is 5.66 Å². The van der Waals surface area contributed by atoms with Gasteiger partial charge in [-0.1, -0.05) is 19.8 Å². The second-order valence-corrected chi connectivity index (χ2v) is 2.43. The third-order valence-corrected chi connectivity index (χ3v) is 1.32. The zero-order valence-corrected chi connectivity index (χ0v) is 9.09. The maximum absolute atomic E-state index is 10.2. The van der Waals surface area contributed by atoms with Crippen molar-refractivity contribution in [1.82, 2.24) is 0 Å². The van der Waals surface area contributed by atoms with Gasteiger partial charge < -0.3 is 21.4 Å². The van der Waals surface area contributed by atoms with E-state index in [4.69, 9.17) is 11.5 Å². The number of carboxylic acids is 1. The van der Waals surface area contributed by atoms with Gasteiger partial charge in [-0.15, -0.1) is 0 Å². The van der Waals surface area contributed by atoms with E-state index in [1.807, 2.05) is 6.92 Å².